The first-order chi connectivity index (χ1) is 6.58. The van der Waals surface area contributed by atoms with Gasteiger partial charge in [-0.15, -0.1) is 0 Å². The third-order valence-electron chi connectivity index (χ3n) is 1.08. The summed E-state index contributed by atoms with van der Waals surface area (Å²) in [6, 6.07) is 0. The van der Waals surface area contributed by atoms with Crippen molar-refractivity contribution in [3.05, 3.63) is 0 Å². The third kappa shape index (κ3) is 5.03. The van der Waals surface area contributed by atoms with Crippen molar-refractivity contribution in [1.29, 1.82) is 0 Å². The zero-order valence-electron chi connectivity index (χ0n) is 8.40. The highest BCUT2D eigenvalue weighted by molar-refractivity contribution is 7.59. The molecule has 0 bridgehead atoms. The molecule has 0 saturated heterocycles. The van der Waals surface area contributed by atoms with Gasteiger partial charge in [0.2, 0.25) is 0 Å². The minimum Gasteiger partial charge on any atom is -0.459 e. The first-order valence-corrected chi connectivity index (χ1v) is 5.62. The van der Waals surface area contributed by atoms with E-state index >= 15 is 0 Å². The Morgan fingerprint density at radius 1 is 1.29 bits per heavy atom. The first-order valence-electron chi connectivity index (χ1n) is 4.08. The number of esters is 1. The van der Waals surface area contributed by atoms with E-state index in [1.54, 1.807) is 13.8 Å². The molecule has 6 heteroatoms. The van der Waals surface area contributed by atoms with Gasteiger partial charge in [0, 0.05) is 11.6 Å². The van der Waals surface area contributed by atoms with Crippen LogP contribution in [-0.4, -0.2) is 26.3 Å². The van der Waals surface area contributed by atoms with Crippen LogP contribution in [0, 0.1) is 11.6 Å². The molecule has 5 nitrogen and oxygen atoms in total. The van der Waals surface area contributed by atoms with Crippen molar-refractivity contribution in [3.63, 3.8) is 0 Å². The van der Waals surface area contributed by atoms with Crippen LogP contribution in [0.25, 0.3) is 0 Å². The van der Waals surface area contributed by atoms with Crippen LogP contribution in [0.2, 0.25) is 0 Å². The summed E-state index contributed by atoms with van der Waals surface area (Å²) in [6.07, 6.45) is 0. The van der Waals surface area contributed by atoms with Gasteiger partial charge in [-0.05, 0) is 13.8 Å². The second-order valence-electron chi connectivity index (χ2n) is 2.06. The predicted molar refractivity (Wildman–Crippen MR) is 50.7 cm³/mol. The molecule has 0 radical (unpaired) electrons. The molecule has 0 unspecified atom stereocenters. The van der Waals surface area contributed by atoms with Crippen molar-refractivity contribution in [2.24, 2.45) is 0 Å². The van der Waals surface area contributed by atoms with Gasteiger partial charge in [-0.1, -0.05) is 0 Å². The van der Waals surface area contributed by atoms with Gasteiger partial charge < -0.3 is 4.74 Å². The Morgan fingerprint density at radius 2 is 1.79 bits per heavy atom. The summed E-state index contributed by atoms with van der Waals surface area (Å²) in [5.74, 6) is 1.24. The van der Waals surface area contributed by atoms with Crippen LogP contribution >= 0.6 is 7.60 Å². The van der Waals surface area contributed by atoms with Crippen molar-refractivity contribution in [1.82, 2.24) is 0 Å². The van der Waals surface area contributed by atoms with E-state index in [9.17, 15) is 9.36 Å². The van der Waals surface area contributed by atoms with Crippen LogP contribution in [0.5, 0.6) is 0 Å². The van der Waals surface area contributed by atoms with Crippen LogP contribution < -0.4 is 0 Å². The van der Waals surface area contributed by atoms with Crippen LogP contribution in [0.1, 0.15) is 13.8 Å². The molecule has 0 atom stereocenters. The van der Waals surface area contributed by atoms with Crippen molar-refractivity contribution in [2.75, 3.05) is 20.3 Å². The molecule has 14 heavy (non-hydrogen) atoms. The zero-order chi connectivity index (χ0) is 11.0. The fourth-order valence-corrected chi connectivity index (χ4v) is 1.72. The Morgan fingerprint density at radius 3 is 2.14 bits per heavy atom. The molecule has 0 fully saturated rings. The zero-order valence-corrected chi connectivity index (χ0v) is 9.30. The highest BCUT2D eigenvalue weighted by Crippen LogP contribution is 2.46. The molecule has 0 aliphatic heterocycles. The van der Waals surface area contributed by atoms with Gasteiger partial charge in [0.05, 0.1) is 20.3 Å². The van der Waals surface area contributed by atoms with E-state index in [2.05, 4.69) is 10.4 Å². The topological polar surface area (TPSA) is 61.8 Å². The summed E-state index contributed by atoms with van der Waals surface area (Å²) in [7, 11) is -2.26. The standard InChI is InChI=1S/C8H13O5P/c1-4-12-14(10,13-5-2)7-6-8(9)11-3/h4-5H2,1-3H3. The normalized spacial score (nSPS) is 10.2. The summed E-state index contributed by atoms with van der Waals surface area (Å²) in [5.41, 5.74) is 2.14. The van der Waals surface area contributed by atoms with Gasteiger partial charge in [0.1, 0.15) is 0 Å². The Kier molecular flexibility index (Phi) is 6.22. The average Bonchev–Trinajstić information content (AvgIpc) is 2.15. The quantitative estimate of drug-likeness (QED) is 0.407. The lowest BCUT2D eigenvalue weighted by molar-refractivity contribution is -0.133. The minimum atomic E-state index is -3.45. The highest BCUT2D eigenvalue weighted by Gasteiger charge is 2.20. The molecular formula is C8H13O5P. The third-order valence-corrected chi connectivity index (χ3v) is 2.66. The van der Waals surface area contributed by atoms with Crippen LogP contribution in [0.15, 0.2) is 0 Å². The Labute approximate surface area is 83.3 Å². The number of ether oxygens (including phenoxy) is 1. The molecule has 0 amide bonds. The summed E-state index contributed by atoms with van der Waals surface area (Å²) in [6.45, 7) is 3.72. The predicted octanol–water partition coefficient (Wildman–Crippen LogP) is 1.39. The second kappa shape index (κ2) is 6.61. The maximum absolute atomic E-state index is 11.6. The van der Waals surface area contributed by atoms with Gasteiger partial charge in [0.15, 0.2) is 0 Å². The largest absolute Gasteiger partial charge is 0.459 e. The molecule has 0 spiro atoms. The Balaban J connectivity index is 4.56. The number of carbonyl (C=O) groups excluding carboxylic acids is 1. The van der Waals surface area contributed by atoms with Crippen molar-refractivity contribution in [3.8, 4) is 11.6 Å². The van der Waals surface area contributed by atoms with Crippen LogP contribution in [-0.2, 0) is 23.1 Å². The Hall–Kier alpha value is -0.820. The van der Waals surface area contributed by atoms with Gasteiger partial charge in [-0.3, -0.25) is 9.05 Å². The Bertz CT molecular complexity index is 278. The molecule has 0 saturated carbocycles. The molecular weight excluding hydrogens is 207 g/mol. The van der Waals surface area contributed by atoms with Crippen molar-refractivity contribution >= 4 is 13.6 Å². The minimum absolute atomic E-state index is 0.202. The molecule has 0 rings (SSSR count). The highest BCUT2D eigenvalue weighted by atomic mass is 31.2. The van der Waals surface area contributed by atoms with E-state index in [1.807, 2.05) is 5.92 Å². The van der Waals surface area contributed by atoms with E-state index in [4.69, 9.17) is 9.05 Å². The smallest absolute Gasteiger partial charge is 0.406 e. The fourth-order valence-electron chi connectivity index (χ4n) is 0.607. The molecule has 80 valence electrons. The van der Waals surface area contributed by atoms with Crippen molar-refractivity contribution < 1.29 is 23.1 Å². The van der Waals surface area contributed by atoms with Gasteiger partial charge in [-0.25, -0.2) is 9.36 Å². The second-order valence-corrected chi connectivity index (χ2v) is 3.80. The number of hydrogen-bond donors (Lipinski definition) is 0. The molecule has 0 aliphatic carbocycles. The number of rotatable bonds is 4. The van der Waals surface area contributed by atoms with E-state index in [0.29, 0.717) is 0 Å². The van der Waals surface area contributed by atoms with E-state index in [0.717, 1.165) is 0 Å². The van der Waals surface area contributed by atoms with E-state index in [1.165, 1.54) is 7.11 Å². The van der Waals surface area contributed by atoms with Crippen molar-refractivity contribution in [2.45, 2.75) is 13.8 Å². The molecule has 0 aromatic heterocycles. The molecule has 0 aromatic rings. The average molecular weight is 220 g/mol. The lowest BCUT2D eigenvalue weighted by atomic mass is 10.7. The van der Waals surface area contributed by atoms with E-state index < -0.39 is 13.6 Å². The SMILES string of the molecule is CCOP(=O)(C#CC(=O)OC)OCC. The van der Waals surface area contributed by atoms with Gasteiger partial charge in [-0.2, -0.15) is 0 Å². The maximum Gasteiger partial charge on any atom is 0.406 e. The first kappa shape index (κ1) is 13.2. The number of hydrogen-bond acceptors (Lipinski definition) is 5. The lowest BCUT2D eigenvalue weighted by Gasteiger charge is -2.09. The van der Waals surface area contributed by atoms with Gasteiger partial charge >= 0.3 is 13.6 Å². The maximum atomic E-state index is 11.6. The molecule has 0 aliphatic rings. The van der Waals surface area contributed by atoms with E-state index in [-0.39, 0.29) is 13.2 Å². The van der Waals surface area contributed by atoms with Crippen LogP contribution in [0.3, 0.4) is 0 Å². The summed E-state index contributed by atoms with van der Waals surface area (Å²) >= 11 is 0. The van der Waals surface area contributed by atoms with Crippen LogP contribution in [0.4, 0.5) is 0 Å². The molecule has 0 heterocycles. The summed E-state index contributed by atoms with van der Waals surface area (Å²) in [5, 5.41) is 0. The molecule has 0 aromatic carbocycles. The summed E-state index contributed by atoms with van der Waals surface area (Å²) in [4.78, 5) is 10.6. The van der Waals surface area contributed by atoms with Gasteiger partial charge in [0.25, 0.3) is 0 Å². The molecule has 0 N–H and O–H groups in total. The lowest BCUT2D eigenvalue weighted by Crippen LogP contribution is -1.97. The number of carbonyl (C=O) groups is 1. The fraction of sp³-hybridized carbons (Fsp3) is 0.625. The summed E-state index contributed by atoms with van der Waals surface area (Å²) < 4.78 is 25.5. The number of methoxy groups -OCH3 is 1. The monoisotopic (exact) mass is 220 g/mol.